The van der Waals surface area contributed by atoms with Crippen LogP contribution in [0.5, 0.6) is 5.75 Å². The molecule has 0 atom stereocenters. The number of aromatic nitrogens is 1. The number of Topliss-reactive ketones (excluding diaryl/α,β-unsaturated/α-hetero) is 1. The smallest absolute Gasteiger partial charge is 0.162 e. The fourth-order valence-corrected chi connectivity index (χ4v) is 4.09. The Morgan fingerprint density at radius 2 is 1.50 bits per heavy atom. The van der Waals surface area contributed by atoms with Crippen molar-refractivity contribution >= 4 is 27.5 Å². The lowest BCUT2D eigenvalue weighted by Crippen LogP contribution is -2.01. The van der Waals surface area contributed by atoms with Crippen molar-refractivity contribution in [1.82, 2.24) is 4.57 Å². The number of ketones is 1. The van der Waals surface area contributed by atoms with E-state index in [1.165, 1.54) is 11.1 Å². The molecule has 0 bridgehead atoms. The minimum atomic E-state index is 0.00491. The number of aromatic hydroxyl groups is 1. The highest BCUT2D eigenvalue weighted by Gasteiger charge is 2.21. The molecule has 4 aromatic rings. The Labute approximate surface area is 152 Å². The molecule has 0 spiro atoms. The van der Waals surface area contributed by atoms with Gasteiger partial charge in [-0.1, -0.05) is 30.3 Å². The van der Waals surface area contributed by atoms with Crippen LogP contribution < -0.4 is 0 Å². The van der Waals surface area contributed by atoms with Crippen LogP contribution >= 0.6 is 0 Å². The molecular weight excluding hydrogens is 322 g/mol. The van der Waals surface area contributed by atoms with Crippen molar-refractivity contribution in [2.45, 2.75) is 27.7 Å². The molecule has 1 heterocycles. The van der Waals surface area contributed by atoms with Gasteiger partial charge in [0.2, 0.25) is 0 Å². The lowest BCUT2D eigenvalue weighted by atomic mass is 10.0. The molecule has 1 aromatic heterocycles. The zero-order valence-corrected chi connectivity index (χ0v) is 15.4. The normalized spacial score (nSPS) is 11.4. The van der Waals surface area contributed by atoms with E-state index >= 15 is 0 Å². The van der Waals surface area contributed by atoms with Gasteiger partial charge in [-0.2, -0.15) is 0 Å². The van der Waals surface area contributed by atoms with Crippen molar-refractivity contribution in [2.75, 3.05) is 0 Å². The minimum absolute atomic E-state index is 0.00491. The van der Waals surface area contributed by atoms with Gasteiger partial charge in [-0.05, 0) is 57.0 Å². The summed E-state index contributed by atoms with van der Waals surface area (Å²) < 4.78 is 2.15. The van der Waals surface area contributed by atoms with Crippen molar-refractivity contribution in [3.63, 3.8) is 0 Å². The van der Waals surface area contributed by atoms with Crippen LogP contribution in [0.25, 0.3) is 27.4 Å². The summed E-state index contributed by atoms with van der Waals surface area (Å²) in [5, 5.41) is 13.0. The largest absolute Gasteiger partial charge is 0.507 e. The van der Waals surface area contributed by atoms with Crippen LogP contribution in [0.3, 0.4) is 0 Å². The summed E-state index contributed by atoms with van der Waals surface area (Å²) in [6, 6.07) is 15.9. The molecule has 3 nitrogen and oxygen atoms in total. The van der Waals surface area contributed by atoms with Crippen LogP contribution in [-0.2, 0) is 0 Å². The zero-order chi connectivity index (χ0) is 18.6. The number of hydrogen-bond acceptors (Lipinski definition) is 2. The van der Waals surface area contributed by atoms with E-state index in [9.17, 15) is 9.90 Å². The second-order valence-electron chi connectivity index (χ2n) is 7.04. The number of benzene rings is 3. The summed E-state index contributed by atoms with van der Waals surface area (Å²) in [7, 11) is 0. The second-order valence-corrected chi connectivity index (χ2v) is 7.04. The number of phenolic OH excluding ortho intramolecular Hbond substituents is 1. The molecule has 3 heteroatoms. The molecule has 0 saturated carbocycles. The van der Waals surface area contributed by atoms with Crippen LogP contribution in [0.1, 0.15) is 34.1 Å². The molecule has 3 aromatic carbocycles. The molecule has 4 rings (SSSR count). The highest BCUT2D eigenvalue weighted by Crippen LogP contribution is 2.39. The van der Waals surface area contributed by atoms with Crippen LogP contribution in [-0.4, -0.2) is 15.5 Å². The number of carbonyl (C=O) groups excluding carboxylic acids is 1. The Morgan fingerprint density at radius 1 is 0.885 bits per heavy atom. The van der Waals surface area contributed by atoms with E-state index in [1.807, 2.05) is 31.2 Å². The summed E-state index contributed by atoms with van der Waals surface area (Å²) in [5.74, 6) is 0.207. The molecule has 0 amide bonds. The van der Waals surface area contributed by atoms with Crippen molar-refractivity contribution in [3.8, 4) is 11.4 Å². The van der Waals surface area contributed by atoms with Gasteiger partial charge in [0.15, 0.2) is 5.78 Å². The number of phenols is 1. The third kappa shape index (κ3) is 2.31. The van der Waals surface area contributed by atoms with Crippen molar-refractivity contribution in [3.05, 3.63) is 70.9 Å². The van der Waals surface area contributed by atoms with Crippen LogP contribution in [0, 0.1) is 20.8 Å². The fraction of sp³-hybridized carbons (Fsp3) is 0.174. The molecule has 0 aliphatic rings. The summed E-state index contributed by atoms with van der Waals surface area (Å²) in [6.07, 6.45) is 0. The molecule has 26 heavy (non-hydrogen) atoms. The highest BCUT2D eigenvalue weighted by atomic mass is 16.3. The Balaban J connectivity index is 2.27. The first-order valence-electron chi connectivity index (χ1n) is 8.74. The van der Waals surface area contributed by atoms with Crippen LogP contribution in [0.2, 0.25) is 0 Å². The topological polar surface area (TPSA) is 42.2 Å². The predicted molar refractivity (Wildman–Crippen MR) is 107 cm³/mol. The predicted octanol–water partition coefficient (Wildman–Crippen LogP) is 5.62. The van der Waals surface area contributed by atoms with E-state index in [2.05, 4.69) is 36.6 Å². The van der Waals surface area contributed by atoms with Crippen molar-refractivity contribution in [2.24, 2.45) is 0 Å². The van der Waals surface area contributed by atoms with Crippen molar-refractivity contribution in [1.29, 1.82) is 0 Å². The first-order chi connectivity index (χ1) is 12.4. The number of aryl methyl sites for hydroxylation is 2. The van der Waals surface area contributed by atoms with Gasteiger partial charge in [-0.3, -0.25) is 4.79 Å². The maximum atomic E-state index is 12.4. The number of rotatable bonds is 2. The molecular formula is C23H21NO2. The van der Waals surface area contributed by atoms with Gasteiger partial charge < -0.3 is 9.67 Å². The average molecular weight is 343 g/mol. The summed E-state index contributed by atoms with van der Waals surface area (Å²) in [4.78, 5) is 12.4. The van der Waals surface area contributed by atoms with Crippen LogP contribution in [0.4, 0.5) is 0 Å². The van der Waals surface area contributed by atoms with Gasteiger partial charge in [0.05, 0.1) is 5.52 Å². The maximum Gasteiger partial charge on any atom is 0.162 e. The van der Waals surface area contributed by atoms with Gasteiger partial charge in [0.25, 0.3) is 0 Å². The van der Waals surface area contributed by atoms with Crippen molar-refractivity contribution < 1.29 is 9.90 Å². The standard InChI is InChI=1S/C23H21NO2/c1-13-9-14(2)11-17(10-13)24-15(3)22(16(4)25)20-12-21(26)18-7-5-6-8-19(18)23(20)24/h5-12,26H,1-4H3. The van der Waals surface area contributed by atoms with Gasteiger partial charge >= 0.3 is 0 Å². The third-order valence-corrected chi connectivity index (χ3v) is 5.00. The molecule has 130 valence electrons. The van der Waals surface area contributed by atoms with Gasteiger partial charge in [0, 0.05) is 33.1 Å². The molecule has 0 saturated heterocycles. The number of fused-ring (bicyclic) bond motifs is 3. The SMILES string of the molecule is CC(=O)c1c(C)n(-c2cc(C)cc(C)c2)c2c1cc(O)c1ccccc12. The van der Waals surface area contributed by atoms with E-state index in [-0.39, 0.29) is 11.5 Å². The Kier molecular flexibility index (Phi) is 3.62. The number of hydrogen-bond donors (Lipinski definition) is 1. The lowest BCUT2D eigenvalue weighted by molar-refractivity contribution is 0.101. The average Bonchev–Trinajstić information content (AvgIpc) is 2.86. The lowest BCUT2D eigenvalue weighted by Gasteiger charge is -2.13. The number of carbonyl (C=O) groups is 1. The fourth-order valence-electron chi connectivity index (χ4n) is 4.09. The second kappa shape index (κ2) is 5.73. The maximum absolute atomic E-state index is 12.4. The van der Waals surface area contributed by atoms with Gasteiger partial charge in [0.1, 0.15) is 5.75 Å². The zero-order valence-electron chi connectivity index (χ0n) is 15.4. The van der Waals surface area contributed by atoms with E-state index in [4.69, 9.17) is 0 Å². The minimum Gasteiger partial charge on any atom is -0.507 e. The van der Waals surface area contributed by atoms with E-state index in [0.29, 0.717) is 5.56 Å². The van der Waals surface area contributed by atoms with E-state index in [0.717, 1.165) is 33.1 Å². The highest BCUT2D eigenvalue weighted by molar-refractivity contribution is 6.17. The van der Waals surface area contributed by atoms with E-state index in [1.54, 1.807) is 13.0 Å². The Hall–Kier alpha value is -3.07. The quantitative estimate of drug-likeness (QED) is 0.480. The molecule has 0 aliphatic carbocycles. The molecule has 0 unspecified atom stereocenters. The Bertz CT molecular complexity index is 1180. The first-order valence-corrected chi connectivity index (χ1v) is 8.74. The monoisotopic (exact) mass is 343 g/mol. The van der Waals surface area contributed by atoms with Gasteiger partial charge in [-0.25, -0.2) is 0 Å². The summed E-state index contributed by atoms with van der Waals surface area (Å²) in [6.45, 7) is 7.71. The molecule has 0 radical (unpaired) electrons. The molecule has 1 N–H and O–H groups in total. The summed E-state index contributed by atoms with van der Waals surface area (Å²) in [5.41, 5.74) is 5.91. The molecule has 0 fully saturated rings. The number of nitrogens with zero attached hydrogens (tertiary/aromatic N) is 1. The van der Waals surface area contributed by atoms with Gasteiger partial charge in [-0.15, -0.1) is 0 Å². The molecule has 0 aliphatic heterocycles. The Morgan fingerprint density at radius 3 is 2.12 bits per heavy atom. The summed E-state index contributed by atoms with van der Waals surface area (Å²) >= 11 is 0. The third-order valence-electron chi connectivity index (χ3n) is 5.00. The van der Waals surface area contributed by atoms with E-state index < -0.39 is 0 Å². The van der Waals surface area contributed by atoms with Crippen LogP contribution in [0.15, 0.2) is 48.5 Å². The first kappa shape index (κ1) is 16.4.